The SMILES string of the molecule is Cc1ccc(N2C(=O)C(=O)/C(=C(\O)c3cc(C)ccc3C)C2c2ccco2)cc1. The van der Waals surface area contributed by atoms with Crippen LogP contribution in [-0.2, 0) is 9.59 Å². The summed E-state index contributed by atoms with van der Waals surface area (Å²) in [5.41, 5.74) is 3.92. The van der Waals surface area contributed by atoms with Crippen LogP contribution in [0.4, 0.5) is 5.69 Å². The largest absolute Gasteiger partial charge is 0.507 e. The number of aryl methyl sites for hydroxylation is 3. The van der Waals surface area contributed by atoms with Gasteiger partial charge in [-0.3, -0.25) is 14.5 Å². The lowest BCUT2D eigenvalue weighted by atomic mass is 9.96. The van der Waals surface area contributed by atoms with Crippen LogP contribution >= 0.6 is 0 Å². The number of Topliss-reactive ketones (excluding diaryl/α,β-unsaturated/α-hetero) is 1. The number of hydrogen-bond donors (Lipinski definition) is 1. The van der Waals surface area contributed by atoms with Gasteiger partial charge in [0, 0.05) is 11.3 Å². The fourth-order valence-electron chi connectivity index (χ4n) is 3.66. The molecule has 1 amide bonds. The van der Waals surface area contributed by atoms with Crippen LogP contribution in [0.5, 0.6) is 0 Å². The summed E-state index contributed by atoms with van der Waals surface area (Å²) in [6.07, 6.45) is 1.49. The Hall–Kier alpha value is -3.60. The van der Waals surface area contributed by atoms with Crippen molar-refractivity contribution in [3.63, 3.8) is 0 Å². The minimum Gasteiger partial charge on any atom is -0.507 e. The summed E-state index contributed by atoms with van der Waals surface area (Å²) in [4.78, 5) is 27.4. The Labute approximate surface area is 168 Å². The molecule has 1 aromatic heterocycles. The molecular formula is C24H21NO4. The van der Waals surface area contributed by atoms with Gasteiger partial charge >= 0.3 is 0 Å². The molecule has 0 aliphatic carbocycles. The zero-order valence-electron chi connectivity index (χ0n) is 16.5. The van der Waals surface area contributed by atoms with Gasteiger partial charge in [-0.2, -0.15) is 0 Å². The molecule has 29 heavy (non-hydrogen) atoms. The Morgan fingerprint density at radius 1 is 0.966 bits per heavy atom. The van der Waals surface area contributed by atoms with Gasteiger partial charge in [0.15, 0.2) is 0 Å². The molecule has 146 valence electrons. The number of furan rings is 1. The van der Waals surface area contributed by atoms with Crippen molar-refractivity contribution < 1.29 is 19.1 Å². The number of ketones is 1. The van der Waals surface area contributed by atoms with Gasteiger partial charge in [0.05, 0.1) is 11.8 Å². The number of rotatable bonds is 3. The Bertz CT molecular complexity index is 1120. The third-order valence-electron chi connectivity index (χ3n) is 5.22. The van der Waals surface area contributed by atoms with E-state index in [1.807, 2.05) is 51.1 Å². The average Bonchev–Trinajstić information content (AvgIpc) is 3.31. The van der Waals surface area contributed by atoms with Crippen LogP contribution in [0.3, 0.4) is 0 Å². The maximum Gasteiger partial charge on any atom is 0.300 e. The maximum absolute atomic E-state index is 13.0. The van der Waals surface area contributed by atoms with Gasteiger partial charge < -0.3 is 9.52 Å². The summed E-state index contributed by atoms with van der Waals surface area (Å²) in [7, 11) is 0. The molecule has 0 spiro atoms. The van der Waals surface area contributed by atoms with Gasteiger partial charge in [-0.1, -0.05) is 35.4 Å². The summed E-state index contributed by atoms with van der Waals surface area (Å²) < 4.78 is 5.57. The summed E-state index contributed by atoms with van der Waals surface area (Å²) in [6.45, 7) is 5.71. The van der Waals surface area contributed by atoms with Crippen LogP contribution in [-0.4, -0.2) is 16.8 Å². The third-order valence-corrected chi connectivity index (χ3v) is 5.22. The van der Waals surface area contributed by atoms with E-state index >= 15 is 0 Å². The van der Waals surface area contributed by atoms with Crippen LogP contribution in [0.25, 0.3) is 5.76 Å². The fraction of sp³-hybridized carbons (Fsp3) is 0.167. The quantitative estimate of drug-likeness (QED) is 0.397. The van der Waals surface area contributed by atoms with Gasteiger partial charge in [-0.15, -0.1) is 0 Å². The molecule has 3 aromatic rings. The van der Waals surface area contributed by atoms with Gasteiger partial charge in [0.1, 0.15) is 17.6 Å². The first-order valence-corrected chi connectivity index (χ1v) is 9.37. The normalized spacial score (nSPS) is 18.4. The van der Waals surface area contributed by atoms with E-state index in [1.165, 1.54) is 11.2 Å². The molecule has 0 saturated carbocycles. The van der Waals surface area contributed by atoms with Crippen LogP contribution in [0.1, 0.15) is 34.1 Å². The third kappa shape index (κ3) is 3.14. The molecule has 1 saturated heterocycles. The van der Waals surface area contributed by atoms with E-state index in [2.05, 4.69) is 0 Å². The molecule has 0 bridgehead atoms. The molecule has 1 unspecified atom stereocenters. The van der Waals surface area contributed by atoms with Gasteiger partial charge in [-0.25, -0.2) is 0 Å². The van der Waals surface area contributed by atoms with Crippen LogP contribution in [0.15, 0.2) is 70.9 Å². The Kier molecular flexibility index (Phi) is 4.59. The molecule has 1 fully saturated rings. The first-order valence-electron chi connectivity index (χ1n) is 9.37. The summed E-state index contributed by atoms with van der Waals surface area (Å²) in [5.74, 6) is -1.20. The minimum atomic E-state index is -0.840. The second-order valence-corrected chi connectivity index (χ2v) is 7.34. The lowest BCUT2D eigenvalue weighted by molar-refractivity contribution is -0.132. The van der Waals surface area contributed by atoms with E-state index in [0.717, 1.165) is 16.7 Å². The van der Waals surface area contributed by atoms with Crippen LogP contribution in [0, 0.1) is 20.8 Å². The monoisotopic (exact) mass is 387 g/mol. The summed E-state index contributed by atoms with van der Waals surface area (Å²) >= 11 is 0. The molecule has 2 aromatic carbocycles. The van der Waals surface area contributed by atoms with Gasteiger partial charge in [0.2, 0.25) is 0 Å². The van der Waals surface area contributed by atoms with E-state index in [0.29, 0.717) is 17.0 Å². The lowest BCUT2D eigenvalue weighted by Crippen LogP contribution is -2.29. The highest BCUT2D eigenvalue weighted by Crippen LogP contribution is 2.42. The Morgan fingerprint density at radius 2 is 1.66 bits per heavy atom. The van der Waals surface area contributed by atoms with Crippen molar-refractivity contribution in [3.8, 4) is 0 Å². The summed E-state index contributed by atoms with van der Waals surface area (Å²) in [6, 6.07) is 15.5. The topological polar surface area (TPSA) is 70.8 Å². The molecule has 1 atom stereocenters. The number of carbonyl (C=O) groups is 2. The van der Waals surface area contributed by atoms with Crippen molar-refractivity contribution >= 4 is 23.1 Å². The second kappa shape index (κ2) is 7.09. The van der Waals surface area contributed by atoms with E-state index < -0.39 is 17.7 Å². The van der Waals surface area contributed by atoms with Crippen molar-refractivity contribution in [3.05, 3.63) is 94.4 Å². The van der Waals surface area contributed by atoms with Crippen molar-refractivity contribution in [1.29, 1.82) is 0 Å². The van der Waals surface area contributed by atoms with Crippen molar-refractivity contribution in [2.45, 2.75) is 26.8 Å². The van der Waals surface area contributed by atoms with E-state index in [-0.39, 0.29) is 11.3 Å². The van der Waals surface area contributed by atoms with Crippen molar-refractivity contribution in [2.24, 2.45) is 0 Å². The number of amides is 1. The molecule has 1 aliphatic rings. The first kappa shape index (κ1) is 18.7. The second-order valence-electron chi connectivity index (χ2n) is 7.34. The highest BCUT2D eigenvalue weighted by atomic mass is 16.3. The standard InChI is InChI=1S/C24H21NO4/c1-14-7-10-17(11-8-14)25-21(19-5-4-12-29-19)20(23(27)24(25)28)22(26)18-13-15(2)6-9-16(18)3/h4-13,21,26H,1-3H3/b22-20-. The molecule has 1 N–H and O–H groups in total. The molecule has 0 radical (unpaired) electrons. The highest BCUT2D eigenvalue weighted by Gasteiger charge is 2.48. The average molecular weight is 387 g/mol. The maximum atomic E-state index is 13.0. The fourth-order valence-corrected chi connectivity index (χ4v) is 3.66. The number of nitrogens with zero attached hydrogens (tertiary/aromatic N) is 1. The van der Waals surface area contributed by atoms with Crippen LogP contribution in [0.2, 0.25) is 0 Å². The predicted octanol–water partition coefficient (Wildman–Crippen LogP) is 4.83. The van der Waals surface area contributed by atoms with Gasteiger partial charge in [0.25, 0.3) is 11.7 Å². The molecule has 5 nitrogen and oxygen atoms in total. The molecule has 5 heteroatoms. The van der Waals surface area contributed by atoms with E-state index in [1.54, 1.807) is 24.3 Å². The lowest BCUT2D eigenvalue weighted by Gasteiger charge is -2.23. The summed E-state index contributed by atoms with van der Waals surface area (Å²) in [5, 5.41) is 11.1. The zero-order valence-corrected chi connectivity index (χ0v) is 16.5. The number of aliphatic hydroxyl groups is 1. The van der Waals surface area contributed by atoms with Crippen molar-refractivity contribution in [1.82, 2.24) is 0 Å². The number of aliphatic hydroxyl groups excluding tert-OH is 1. The smallest absolute Gasteiger partial charge is 0.300 e. The number of hydrogen-bond acceptors (Lipinski definition) is 4. The van der Waals surface area contributed by atoms with E-state index in [9.17, 15) is 14.7 Å². The highest BCUT2D eigenvalue weighted by molar-refractivity contribution is 6.51. The van der Waals surface area contributed by atoms with Crippen molar-refractivity contribution in [2.75, 3.05) is 4.90 Å². The van der Waals surface area contributed by atoms with Crippen LogP contribution < -0.4 is 4.90 Å². The molecule has 1 aliphatic heterocycles. The van der Waals surface area contributed by atoms with Gasteiger partial charge in [-0.05, 0) is 56.7 Å². The molecular weight excluding hydrogens is 366 g/mol. The zero-order chi connectivity index (χ0) is 20.7. The number of benzene rings is 2. The molecule has 2 heterocycles. The minimum absolute atomic E-state index is 0.0271. The Balaban J connectivity index is 1.95. The Morgan fingerprint density at radius 3 is 2.31 bits per heavy atom. The number of anilines is 1. The number of carbonyl (C=O) groups excluding carboxylic acids is 2. The van der Waals surface area contributed by atoms with E-state index in [4.69, 9.17) is 4.42 Å². The first-order chi connectivity index (χ1) is 13.9. The predicted molar refractivity (Wildman–Crippen MR) is 111 cm³/mol. The molecule has 4 rings (SSSR count).